The predicted octanol–water partition coefficient (Wildman–Crippen LogP) is 4.79. The van der Waals surface area contributed by atoms with Crippen molar-refractivity contribution >= 4 is 17.5 Å². The van der Waals surface area contributed by atoms with E-state index in [1.165, 1.54) is 0 Å². The first-order valence-corrected chi connectivity index (χ1v) is 8.01. The van der Waals surface area contributed by atoms with Crippen LogP contribution in [0.25, 0.3) is 0 Å². The Balaban J connectivity index is 2.14. The van der Waals surface area contributed by atoms with Crippen molar-refractivity contribution in [3.63, 3.8) is 0 Å². The van der Waals surface area contributed by atoms with Gasteiger partial charge < -0.3 is 5.32 Å². The molecule has 2 aromatic rings. The van der Waals surface area contributed by atoms with E-state index in [4.69, 9.17) is 11.6 Å². The van der Waals surface area contributed by atoms with Crippen molar-refractivity contribution in [2.24, 2.45) is 5.92 Å². The Bertz CT molecular complexity index is 593. The fourth-order valence-corrected chi connectivity index (χ4v) is 2.54. The standard InChI is InChI=1S/C19H22ClNO/c1-14(2)12-19(22)21-18(16-6-4-3-5-7-16)13-15-8-10-17(20)11-9-15/h3-11,14,18H,12-13H2,1-2H3,(H,21,22). The first-order valence-electron chi connectivity index (χ1n) is 7.63. The largest absolute Gasteiger partial charge is 0.349 e. The number of carbonyl (C=O) groups is 1. The fourth-order valence-electron chi connectivity index (χ4n) is 2.42. The van der Waals surface area contributed by atoms with Gasteiger partial charge in [-0.2, -0.15) is 0 Å². The maximum absolute atomic E-state index is 12.1. The van der Waals surface area contributed by atoms with Gasteiger partial charge in [0.1, 0.15) is 0 Å². The second-order valence-electron chi connectivity index (χ2n) is 5.96. The zero-order valence-electron chi connectivity index (χ0n) is 13.1. The normalized spacial score (nSPS) is 12.2. The number of hydrogen-bond donors (Lipinski definition) is 1. The van der Waals surface area contributed by atoms with Crippen LogP contribution in [0.3, 0.4) is 0 Å². The second-order valence-corrected chi connectivity index (χ2v) is 6.40. The minimum atomic E-state index is -0.0198. The van der Waals surface area contributed by atoms with Crippen LogP contribution >= 0.6 is 11.6 Å². The average Bonchev–Trinajstić information content (AvgIpc) is 2.49. The lowest BCUT2D eigenvalue weighted by molar-refractivity contribution is -0.122. The van der Waals surface area contributed by atoms with E-state index in [-0.39, 0.29) is 11.9 Å². The van der Waals surface area contributed by atoms with Crippen LogP contribution in [0.15, 0.2) is 54.6 Å². The van der Waals surface area contributed by atoms with Gasteiger partial charge >= 0.3 is 0 Å². The molecule has 0 spiro atoms. The van der Waals surface area contributed by atoms with Gasteiger partial charge in [-0.3, -0.25) is 4.79 Å². The molecule has 1 N–H and O–H groups in total. The maximum atomic E-state index is 12.1. The summed E-state index contributed by atoms with van der Waals surface area (Å²) in [6.07, 6.45) is 1.30. The minimum Gasteiger partial charge on any atom is -0.349 e. The van der Waals surface area contributed by atoms with Gasteiger partial charge in [0.15, 0.2) is 0 Å². The van der Waals surface area contributed by atoms with Crippen molar-refractivity contribution in [2.75, 3.05) is 0 Å². The Morgan fingerprint density at radius 2 is 1.68 bits per heavy atom. The molecule has 0 saturated heterocycles. The van der Waals surface area contributed by atoms with E-state index in [0.717, 1.165) is 22.6 Å². The molecule has 2 nitrogen and oxygen atoms in total. The van der Waals surface area contributed by atoms with Gasteiger partial charge in [0, 0.05) is 11.4 Å². The Labute approximate surface area is 137 Å². The first kappa shape index (κ1) is 16.6. The van der Waals surface area contributed by atoms with E-state index in [9.17, 15) is 4.79 Å². The molecule has 0 heterocycles. The van der Waals surface area contributed by atoms with Crippen molar-refractivity contribution in [3.8, 4) is 0 Å². The van der Waals surface area contributed by atoms with E-state index in [2.05, 4.69) is 31.3 Å². The number of amides is 1. The third-order valence-electron chi connectivity index (χ3n) is 3.48. The molecule has 0 radical (unpaired) electrons. The van der Waals surface area contributed by atoms with E-state index in [0.29, 0.717) is 12.3 Å². The number of carbonyl (C=O) groups excluding carboxylic acids is 1. The van der Waals surface area contributed by atoms with Crippen molar-refractivity contribution < 1.29 is 4.79 Å². The molecular weight excluding hydrogens is 294 g/mol. The quantitative estimate of drug-likeness (QED) is 0.816. The van der Waals surface area contributed by atoms with E-state index >= 15 is 0 Å². The zero-order valence-corrected chi connectivity index (χ0v) is 13.8. The van der Waals surface area contributed by atoms with Gasteiger partial charge in [0.2, 0.25) is 5.91 Å². The minimum absolute atomic E-state index is 0.0198. The molecule has 116 valence electrons. The number of hydrogen-bond acceptors (Lipinski definition) is 1. The molecule has 0 aliphatic carbocycles. The zero-order chi connectivity index (χ0) is 15.9. The highest BCUT2D eigenvalue weighted by atomic mass is 35.5. The highest BCUT2D eigenvalue weighted by molar-refractivity contribution is 6.30. The average molecular weight is 316 g/mol. The summed E-state index contributed by atoms with van der Waals surface area (Å²) in [5.74, 6) is 0.449. The van der Waals surface area contributed by atoms with Crippen LogP contribution in [-0.2, 0) is 11.2 Å². The molecule has 22 heavy (non-hydrogen) atoms. The van der Waals surface area contributed by atoms with Crippen LogP contribution in [0.2, 0.25) is 5.02 Å². The van der Waals surface area contributed by atoms with Crippen molar-refractivity contribution in [1.29, 1.82) is 0 Å². The van der Waals surface area contributed by atoms with Crippen molar-refractivity contribution in [3.05, 3.63) is 70.7 Å². The SMILES string of the molecule is CC(C)CC(=O)NC(Cc1ccc(Cl)cc1)c1ccccc1. The van der Waals surface area contributed by atoms with E-state index in [1.54, 1.807) is 0 Å². The van der Waals surface area contributed by atoms with Crippen LogP contribution in [0.4, 0.5) is 0 Å². The summed E-state index contributed by atoms with van der Waals surface area (Å²) in [6.45, 7) is 4.10. The molecule has 0 bridgehead atoms. The smallest absolute Gasteiger partial charge is 0.220 e. The van der Waals surface area contributed by atoms with Crippen molar-refractivity contribution in [1.82, 2.24) is 5.32 Å². The number of benzene rings is 2. The van der Waals surface area contributed by atoms with Gasteiger partial charge in [-0.25, -0.2) is 0 Å². The number of nitrogens with one attached hydrogen (secondary N) is 1. The summed E-state index contributed by atoms with van der Waals surface area (Å²) in [4.78, 5) is 12.1. The summed E-state index contributed by atoms with van der Waals surface area (Å²) < 4.78 is 0. The number of halogens is 1. The van der Waals surface area contributed by atoms with Gasteiger partial charge in [0.05, 0.1) is 6.04 Å². The fraction of sp³-hybridized carbons (Fsp3) is 0.316. The van der Waals surface area contributed by atoms with Crippen LogP contribution in [0.1, 0.15) is 37.4 Å². The summed E-state index contributed by atoms with van der Waals surface area (Å²) in [5.41, 5.74) is 2.28. The Morgan fingerprint density at radius 1 is 1.05 bits per heavy atom. The highest BCUT2D eigenvalue weighted by Gasteiger charge is 2.16. The summed E-state index contributed by atoms with van der Waals surface area (Å²) >= 11 is 5.94. The summed E-state index contributed by atoms with van der Waals surface area (Å²) in [5, 5.41) is 3.88. The molecule has 2 aromatic carbocycles. The molecule has 0 aliphatic rings. The molecule has 0 fully saturated rings. The lowest BCUT2D eigenvalue weighted by Crippen LogP contribution is -2.30. The predicted molar refractivity (Wildman–Crippen MR) is 91.9 cm³/mol. The Kier molecular flexibility index (Phi) is 6.02. The van der Waals surface area contributed by atoms with Gasteiger partial charge in [-0.15, -0.1) is 0 Å². The molecule has 0 saturated carbocycles. The number of rotatable bonds is 6. The van der Waals surface area contributed by atoms with Crippen molar-refractivity contribution in [2.45, 2.75) is 32.7 Å². The lowest BCUT2D eigenvalue weighted by Gasteiger charge is -2.20. The molecule has 0 aliphatic heterocycles. The lowest BCUT2D eigenvalue weighted by atomic mass is 9.98. The maximum Gasteiger partial charge on any atom is 0.220 e. The van der Waals surface area contributed by atoms with Gasteiger partial charge in [0.25, 0.3) is 0 Å². The molecular formula is C19H22ClNO. The van der Waals surface area contributed by atoms with Gasteiger partial charge in [-0.1, -0.05) is 67.9 Å². The van der Waals surface area contributed by atoms with Crippen LogP contribution in [0, 0.1) is 5.92 Å². The summed E-state index contributed by atoms with van der Waals surface area (Å²) in [7, 11) is 0. The van der Waals surface area contributed by atoms with E-state index in [1.807, 2.05) is 42.5 Å². The molecule has 1 amide bonds. The summed E-state index contributed by atoms with van der Waals surface area (Å²) in [6, 6.07) is 17.8. The second kappa shape index (κ2) is 8.00. The molecule has 3 heteroatoms. The van der Waals surface area contributed by atoms with Crippen LogP contribution < -0.4 is 5.32 Å². The first-order chi connectivity index (χ1) is 10.5. The van der Waals surface area contributed by atoms with Crippen LogP contribution in [-0.4, -0.2) is 5.91 Å². The van der Waals surface area contributed by atoms with E-state index < -0.39 is 0 Å². The topological polar surface area (TPSA) is 29.1 Å². The van der Waals surface area contributed by atoms with Crippen LogP contribution in [0.5, 0.6) is 0 Å². The molecule has 1 unspecified atom stereocenters. The Hall–Kier alpha value is -1.80. The molecule has 1 atom stereocenters. The Morgan fingerprint density at radius 3 is 2.27 bits per heavy atom. The third-order valence-corrected chi connectivity index (χ3v) is 3.74. The monoisotopic (exact) mass is 315 g/mol. The molecule has 0 aromatic heterocycles. The molecule has 2 rings (SSSR count). The highest BCUT2D eigenvalue weighted by Crippen LogP contribution is 2.20. The third kappa shape index (κ3) is 5.19. The van der Waals surface area contributed by atoms with Gasteiger partial charge in [-0.05, 0) is 35.6 Å².